The van der Waals surface area contributed by atoms with Crippen LogP contribution in [0.25, 0.3) is 100 Å². The fourth-order valence-electron chi connectivity index (χ4n) is 9.59. The highest BCUT2D eigenvalue weighted by Gasteiger charge is 2.24. The molecule has 11 rings (SSSR count). The second-order valence-electron chi connectivity index (χ2n) is 19.6. The molecule has 0 bridgehead atoms. The van der Waals surface area contributed by atoms with Gasteiger partial charge in [0.15, 0.2) is 17.5 Å². The highest BCUT2D eigenvalue weighted by atomic mass is 15.0. The summed E-state index contributed by atoms with van der Waals surface area (Å²) in [7, 11) is 0. The van der Waals surface area contributed by atoms with Gasteiger partial charge in [0.05, 0.1) is 45.3 Å². The average Bonchev–Trinajstić information content (AvgIpc) is 3.88. The van der Waals surface area contributed by atoms with Gasteiger partial charge in [-0.1, -0.05) is 139 Å². The number of fused-ring (bicyclic) bond motifs is 6. The van der Waals surface area contributed by atoms with E-state index in [2.05, 4.69) is 166 Å². The third-order valence-corrected chi connectivity index (χ3v) is 13.2. The molecule has 11 aromatic rings. The van der Waals surface area contributed by atoms with E-state index in [0.29, 0.717) is 34.2 Å². The van der Waals surface area contributed by atoms with Crippen molar-refractivity contribution in [1.82, 2.24) is 24.1 Å². The maximum atomic E-state index is 10.8. The first-order valence-electron chi connectivity index (χ1n) is 23.0. The maximum Gasteiger partial charge on any atom is 0.165 e. The highest BCUT2D eigenvalue weighted by Crippen LogP contribution is 2.41. The molecule has 326 valence electrons. The van der Waals surface area contributed by atoms with Crippen molar-refractivity contribution < 1.29 is 0 Å². The van der Waals surface area contributed by atoms with Crippen LogP contribution in [0.2, 0.25) is 0 Å². The zero-order valence-corrected chi connectivity index (χ0v) is 38.9. The number of para-hydroxylation sites is 2. The van der Waals surface area contributed by atoms with Crippen LogP contribution in [0.5, 0.6) is 0 Å². The van der Waals surface area contributed by atoms with Crippen LogP contribution in [-0.4, -0.2) is 24.1 Å². The number of rotatable bonds is 6. The maximum absolute atomic E-state index is 10.8. The van der Waals surface area contributed by atoms with Gasteiger partial charge in [0.2, 0.25) is 0 Å². The summed E-state index contributed by atoms with van der Waals surface area (Å²) in [5.41, 5.74) is 13.4. The van der Waals surface area contributed by atoms with Crippen LogP contribution in [0.1, 0.15) is 63.8 Å². The monoisotopic (exact) mass is 877 g/mol. The van der Waals surface area contributed by atoms with E-state index in [0.717, 1.165) is 66.5 Å². The lowest BCUT2D eigenvalue weighted by atomic mass is 9.86. The summed E-state index contributed by atoms with van der Waals surface area (Å²) in [6.45, 7) is 13.5. The summed E-state index contributed by atoms with van der Waals surface area (Å²) >= 11 is 0. The molecule has 0 aliphatic carbocycles. The van der Waals surface area contributed by atoms with Crippen LogP contribution in [0.3, 0.4) is 0 Å². The molecular weight excluding hydrogens is 831 g/mol. The molecule has 0 aliphatic rings. The second-order valence-corrected chi connectivity index (χ2v) is 19.6. The van der Waals surface area contributed by atoms with Gasteiger partial charge in [0.25, 0.3) is 0 Å². The molecule has 0 atom stereocenters. The molecule has 0 radical (unpaired) electrons. The largest absolute Gasteiger partial charge is 0.309 e. The first-order chi connectivity index (χ1) is 32.9. The molecule has 7 nitrogen and oxygen atoms in total. The number of nitrogens with zero attached hydrogens (tertiary/aromatic N) is 7. The highest BCUT2D eigenvalue weighted by molar-refractivity contribution is 6.11. The van der Waals surface area contributed by atoms with E-state index in [9.17, 15) is 10.5 Å². The Morgan fingerprint density at radius 2 is 0.882 bits per heavy atom. The van der Waals surface area contributed by atoms with Crippen molar-refractivity contribution in [2.24, 2.45) is 0 Å². The van der Waals surface area contributed by atoms with E-state index in [1.165, 1.54) is 21.9 Å². The van der Waals surface area contributed by atoms with E-state index < -0.39 is 0 Å². The minimum atomic E-state index is -0.0262. The number of nitriles is 2. The van der Waals surface area contributed by atoms with Crippen molar-refractivity contribution in [3.63, 3.8) is 0 Å². The Bertz CT molecular complexity index is 3900. The van der Waals surface area contributed by atoms with E-state index in [1.54, 1.807) is 0 Å². The van der Waals surface area contributed by atoms with Gasteiger partial charge in [0, 0.05) is 49.6 Å². The normalized spacial score (nSPS) is 11.9. The Hall–Kier alpha value is -8.65. The van der Waals surface area contributed by atoms with Crippen molar-refractivity contribution in [1.29, 1.82) is 10.5 Å². The number of benzene rings is 8. The predicted molar refractivity (Wildman–Crippen MR) is 277 cm³/mol. The third kappa shape index (κ3) is 7.17. The zero-order valence-electron chi connectivity index (χ0n) is 38.9. The quantitative estimate of drug-likeness (QED) is 0.166. The lowest BCUT2D eigenvalue weighted by Gasteiger charge is -2.19. The van der Waals surface area contributed by atoms with E-state index in [-0.39, 0.29) is 10.8 Å². The fraction of sp³-hybridized carbons (Fsp3) is 0.131. The number of aromatic nitrogens is 5. The van der Waals surface area contributed by atoms with Crippen LogP contribution in [0.15, 0.2) is 176 Å². The molecule has 0 aliphatic heterocycles. The van der Waals surface area contributed by atoms with Crippen molar-refractivity contribution in [2.45, 2.75) is 52.4 Å². The zero-order chi connectivity index (χ0) is 46.9. The predicted octanol–water partition coefficient (Wildman–Crippen LogP) is 15.1. The molecule has 0 spiro atoms. The Labute approximate surface area is 395 Å². The minimum Gasteiger partial charge on any atom is -0.309 e. The fourth-order valence-corrected chi connectivity index (χ4v) is 9.59. The molecule has 0 saturated carbocycles. The smallest absolute Gasteiger partial charge is 0.165 e. The molecule has 7 heteroatoms. The SMILES string of the molecule is CC(C)(C)c1ccc2c(c1)c1ccccc1n2-c1ccc(C#N)c(-c2nc(-c3ccccc3)nc(-c3cc(-n4c5ccccc5c5cc(C(C)(C)C)ccc54)ccc3-c3cccc(C#N)c3)n2)c1. The lowest BCUT2D eigenvalue weighted by Crippen LogP contribution is -2.10. The van der Waals surface area contributed by atoms with Gasteiger partial charge in [-0.2, -0.15) is 10.5 Å². The average molecular weight is 878 g/mol. The second kappa shape index (κ2) is 16.0. The molecule has 0 fully saturated rings. The molecule has 3 aromatic heterocycles. The molecule has 0 unspecified atom stereocenters. The standard InChI is InChI=1S/C61H47N7/c1-60(2,3)42-24-29-55-50(32-42)47-19-10-12-21-53(47)67(55)44-26-23-41(37-63)49(34-44)58-64-57(39-16-8-7-9-17-39)65-59(66-58)52-35-45(27-28-46(52)40-18-14-15-38(31-40)36-62)68-54-22-13-11-20-48(54)51-33-43(61(4,5)6)25-30-56(51)68/h7-35H,1-6H3. The van der Waals surface area contributed by atoms with Gasteiger partial charge in [-0.3, -0.25) is 0 Å². The molecule has 68 heavy (non-hydrogen) atoms. The van der Waals surface area contributed by atoms with Crippen molar-refractivity contribution in [2.75, 3.05) is 0 Å². The first-order valence-corrected chi connectivity index (χ1v) is 23.0. The van der Waals surface area contributed by atoms with Gasteiger partial charge in [0.1, 0.15) is 0 Å². The van der Waals surface area contributed by atoms with Crippen LogP contribution >= 0.6 is 0 Å². The van der Waals surface area contributed by atoms with E-state index in [4.69, 9.17) is 15.0 Å². The Balaban J connectivity index is 1.17. The minimum absolute atomic E-state index is 0.0244. The molecule has 8 aromatic carbocycles. The Morgan fingerprint density at radius 1 is 0.382 bits per heavy atom. The van der Waals surface area contributed by atoms with Gasteiger partial charge in [-0.25, -0.2) is 15.0 Å². The molecule has 0 N–H and O–H groups in total. The van der Waals surface area contributed by atoms with Crippen LogP contribution < -0.4 is 0 Å². The summed E-state index contributed by atoms with van der Waals surface area (Å²) in [6.07, 6.45) is 0. The first kappa shape index (κ1) is 42.0. The van der Waals surface area contributed by atoms with Crippen molar-refractivity contribution in [3.8, 4) is 68.8 Å². The van der Waals surface area contributed by atoms with Crippen LogP contribution in [0.4, 0.5) is 0 Å². The van der Waals surface area contributed by atoms with Crippen LogP contribution in [-0.2, 0) is 10.8 Å². The summed E-state index contributed by atoms with van der Waals surface area (Å²) in [5, 5.41) is 25.5. The molecular formula is C61H47N7. The van der Waals surface area contributed by atoms with Crippen molar-refractivity contribution in [3.05, 3.63) is 198 Å². The summed E-state index contributed by atoms with van der Waals surface area (Å²) < 4.78 is 4.58. The van der Waals surface area contributed by atoms with Gasteiger partial charge in [-0.05, 0) is 112 Å². The topological polar surface area (TPSA) is 96.1 Å². The van der Waals surface area contributed by atoms with E-state index in [1.807, 2.05) is 72.8 Å². The lowest BCUT2D eigenvalue weighted by molar-refractivity contribution is 0.591. The van der Waals surface area contributed by atoms with Crippen molar-refractivity contribution >= 4 is 43.6 Å². The molecule has 0 amide bonds. The van der Waals surface area contributed by atoms with Gasteiger partial charge >= 0.3 is 0 Å². The number of hydrogen-bond acceptors (Lipinski definition) is 5. The summed E-state index contributed by atoms with van der Waals surface area (Å²) in [6, 6.07) is 65.2. The Morgan fingerprint density at radius 3 is 1.46 bits per heavy atom. The van der Waals surface area contributed by atoms with E-state index >= 15 is 0 Å². The van der Waals surface area contributed by atoms with Gasteiger partial charge in [-0.15, -0.1) is 0 Å². The van der Waals surface area contributed by atoms with Gasteiger partial charge < -0.3 is 9.13 Å². The summed E-state index contributed by atoms with van der Waals surface area (Å²) in [4.78, 5) is 15.8. The van der Waals surface area contributed by atoms with Crippen LogP contribution in [0, 0.1) is 22.7 Å². The molecule has 3 heterocycles. The number of hydrogen-bond donors (Lipinski definition) is 0. The summed E-state index contributed by atoms with van der Waals surface area (Å²) in [5.74, 6) is 1.28. The Kier molecular flexibility index (Phi) is 9.92. The third-order valence-electron chi connectivity index (χ3n) is 13.2. The molecule has 0 saturated heterocycles.